The lowest BCUT2D eigenvalue weighted by Gasteiger charge is -2.08. The summed E-state index contributed by atoms with van der Waals surface area (Å²) < 4.78 is 2.52. The van der Waals surface area contributed by atoms with Gasteiger partial charge in [-0.25, -0.2) is 4.98 Å². The van der Waals surface area contributed by atoms with E-state index in [0.717, 1.165) is 25.8 Å². The Hall–Kier alpha value is -1.57. The zero-order valence-electron chi connectivity index (χ0n) is 27.7. The summed E-state index contributed by atoms with van der Waals surface area (Å²) in [5.74, 6) is 1.36. The zero-order valence-corrected chi connectivity index (χ0v) is 27.7. The smallest absolute Gasteiger partial charge is 0.108 e. The fourth-order valence-electron chi connectivity index (χ4n) is 6.22. The average molecular weight is 565 g/mol. The number of rotatable bonds is 29. The van der Waals surface area contributed by atoms with E-state index in [2.05, 4.69) is 54.9 Å². The van der Waals surface area contributed by atoms with Crippen molar-refractivity contribution in [1.29, 1.82) is 0 Å². The first-order valence-corrected chi connectivity index (χ1v) is 18.4. The number of hydrogen-bond donors (Lipinski definition) is 0. The Kier molecular flexibility index (Phi) is 22.7. The second-order valence-corrected chi connectivity index (χ2v) is 12.9. The monoisotopic (exact) mass is 565 g/mol. The minimum atomic E-state index is 1.10. The molecule has 2 nitrogen and oxygen atoms in total. The molecular weight excluding hydrogens is 496 g/mol. The van der Waals surface area contributed by atoms with Gasteiger partial charge in [-0.2, -0.15) is 0 Å². The van der Waals surface area contributed by atoms with E-state index in [1.807, 2.05) is 0 Å². The van der Waals surface area contributed by atoms with Crippen molar-refractivity contribution in [3.63, 3.8) is 0 Å². The topological polar surface area (TPSA) is 17.8 Å². The van der Waals surface area contributed by atoms with Gasteiger partial charge < -0.3 is 4.57 Å². The highest BCUT2D eigenvalue weighted by atomic mass is 15.1. The van der Waals surface area contributed by atoms with Gasteiger partial charge in [0.05, 0.1) is 5.69 Å². The molecule has 0 saturated heterocycles. The highest BCUT2D eigenvalue weighted by Crippen LogP contribution is 2.17. The number of hydrogen-bond acceptors (Lipinski definition) is 1. The summed E-state index contributed by atoms with van der Waals surface area (Å²) in [5, 5.41) is 0. The van der Waals surface area contributed by atoms with Crippen LogP contribution in [0.1, 0.15) is 185 Å². The molecule has 0 unspecified atom stereocenters. The van der Waals surface area contributed by atoms with Crippen molar-refractivity contribution in [3.05, 3.63) is 53.6 Å². The van der Waals surface area contributed by atoms with E-state index in [-0.39, 0.29) is 0 Å². The predicted octanol–water partition coefficient (Wildman–Crippen LogP) is 12.6. The quantitative estimate of drug-likeness (QED) is 0.0898. The molecule has 234 valence electrons. The minimum Gasteiger partial charge on any atom is -0.335 e. The van der Waals surface area contributed by atoms with Crippen LogP contribution in [0.5, 0.6) is 0 Å². The molecule has 2 rings (SSSR count). The number of aryl methyl sites for hydroxylation is 4. The van der Waals surface area contributed by atoms with Gasteiger partial charge in [-0.1, -0.05) is 179 Å². The van der Waals surface area contributed by atoms with Gasteiger partial charge in [-0.15, -0.1) is 0 Å². The fourth-order valence-corrected chi connectivity index (χ4v) is 6.22. The van der Waals surface area contributed by atoms with Crippen molar-refractivity contribution < 1.29 is 0 Å². The van der Waals surface area contributed by atoms with Gasteiger partial charge in [0.1, 0.15) is 5.82 Å². The van der Waals surface area contributed by atoms with Crippen LogP contribution in [-0.4, -0.2) is 9.55 Å². The first-order valence-electron chi connectivity index (χ1n) is 18.4. The van der Waals surface area contributed by atoms with Crippen molar-refractivity contribution in [2.45, 2.75) is 194 Å². The Balaban J connectivity index is 1.58. The summed E-state index contributed by atoms with van der Waals surface area (Å²) >= 11 is 0. The lowest BCUT2D eigenvalue weighted by Crippen LogP contribution is -2.03. The molecule has 0 radical (unpaired) electrons. The molecule has 2 heteroatoms. The number of nitrogens with zero attached hydrogens (tertiary/aromatic N) is 2. The minimum absolute atomic E-state index is 1.10. The van der Waals surface area contributed by atoms with Crippen molar-refractivity contribution in [1.82, 2.24) is 9.55 Å². The summed E-state index contributed by atoms with van der Waals surface area (Å²) in [6.45, 7) is 5.77. The van der Waals surface area contributed by atoms with E-state index in [4.69, 9.17) is 4.98 Å². The van der Waals surface area contributed by atoms with Crippen LogP contribution in [0.2, 0.25) is 0 Å². The van der Waals surface area contributed by atoms with Crippen molar-refractivity contribution >= 4 is 0 Å². The third kappa shape index (κ3) is 19.3. The Morgan fingerprint density at radius 3 is 1.44 bits per heavy atom. The maximum absolute atomic E-state index is 5.15. The Morgan fingerprint density at radius 1 is 0.463 bits per heavy atom. The van der Waals surface area contributed by atoms with Crippen LogP contribution in [0.3, 0.4) is 0 Å². The predicted molar refractivity (Wildman–Crippen MR) is 182 cm³/mol. The third-order valence-electron chi connectivity index (χ3n) is 8.91. The zero-order chi connectivity index (χ0) is 29.1. The highest BCUT2D eigenvalue weighted by Gasteiger charge is 2.09. The molecule has 0 bridgehead atoms. The van der Waals surface area contributed by atoms with Gasteiger partial charge in [-0.3, -0.25) is 0 Å². The van der Waals surface area contributed by atoms with Crippen LogP contribution >= 0.6 is 0 Å². The van der Waals surface area contributed by atoms with Crippen molar-refractivity contribution in [3.8, 4) is 0 Å². The van der Waals surface area contributed by atoms with E-state index < -0.39 is 0 Å². The number of imidazole rings is 1. The summed E-state index contributed by atoms with van der Waals surface area (Å²) in [6, 6.07) is 10.9. The molecule has 0 atom stereocenters. The molecule has 0 N–H and O–H groups in total. The molecule has 41 heavy (non-hydrogen) atoms. The molecule has 0 spiro atoms. The van der Waals surface area contributed by atoms with Crippen LogP contribution in [0.4, 0.5) is 0 Å². The van der Waals surface area contributed by atoms with Crippen LogP contribution in [0.15, 0.2) is 36.5 Å². The van der Waals surface area contributed by atoms with Crippen LogP contribution in [0, 0.1) is 0 Å². The lowest BCUT2D eigenvalue weighted by molar-refractivity contribution is 0.521. The number of unbranched alkanes of at least 4 members (excludes halogenated alkanes) is 21. The van der Waals surface area contributed by atoms with E-state index in [1.54, 1.807) is 0 Å². The molecule has 0 aliphatic rings. The summed E-state index contributed by atoms with van der Waals surface area (Å²) in [6.07, 6.45) is 39.5. The van der Waals surface area contributed by atoms with Gasteiger partial charge >= 0.3 is 0 Å². The number of aromatic nitrogens is 2. The van der Waals surface area contributed by atoms with Crippen LogP contribution in [-0.2, 0) is 25.8 Å². The Labute approximate surface area is 256 Å². The molecule has 0 aliphatic heterocycles. The molecule has 0 amide bonds. The SMILES string of the molecule is CCCCCCCCCCCCCCCCCCc1nc(CCCc2ccccc2)cn1CCCCCCCCC. The first kappa shape index (κ1) is 35.6. The molecular formula is C39H68N2. The van der Waals surface area contributed by atoms with Crippen molar-refractivity contribution in [2.24, 2.45) is 0 Å². The van der Waals surface area contributed by atoms with Gasteiger partial charge in [-0.05, 0) is 37.7 Å². The lowest BCUT2D eigenvalue weighted by atomic mass is 10.0. The maximum Gasteiger partial charge on any atom is 0.108 e. The van der Waals surface area contributed by atoms with Crippen molar-refractivity contribution in [2.75, 3.05) is 0 Å². The first-order chi connectivity index (χ1) is 20.3. The normalized spacial score (nSPS) is 11.5. The Bertz CT molecular complexity index is 808. The molecule has 1 aromatic carbocycles. The number of benzene rings is 1. The third-order valence-corrected chi connectivity index (χ3v) is 8.91. The standard InChI is InChI=1S/C39H68N2/c1-3-5-7-9-11-12-13-14-15-16-17-18-19-20-22-27-34-39-40-38(33-29-32-37-30-25-24-26-31-37)36-41(39)35-28-23-21-10-8-6-4-2/h24-26,30-31,36H,3-23,27-29,32-35H2,1-2H3. The second kappa shape index (κ2) is 26.1. The van der Waals surface area contributed by atoms with Crippen LogP contribution < -0.4 is 0 Å². The summed E-state index contributed by atoms with van der Waals surface area (Å²) in [5.41, 5.74) is 2.76. The molecule has 0 aliphatic carbocycles. The van der Waals surface area contributed by atoms with E-state index in [0.29, 0.717) is 0 Å². The molecule has 1 heterocycles. The molecule has 2 aromatic rings. The second-order valence-electron chi connectivity index (χ2n) is 12.9. The fraction of sp³-hybridized carbons (Fsp3) is 0.769. The summed E-state index contributed by atoms with van der Waals surface area (Å²) in [4.78, 5) is 5.15. The Morgan fingerprint density at radius 2 is 0.927 bits per heavy atom. The van der Waals surface area contributed by atoms with Gasteiger partial charge in [0.25, 0.3) is 0 Å². The van der Waals surface area contributed by atoms with Gasteiger partial charge in [0.2, 0.25) is 0 Å². The van der Waals surface area contributed by atoms with Crippen LogP contribution in [0.25, 0.3) is 0 Å². The van der Waals surface area contributed by atoms with Gasteiger partial charge in [0, 0.05) is 19.2 Å². The molecule has 1 aromatic heterocycles. The average Bonchev–Trinajstić information content (AvgIpc) is 3.38. The molecule has 0 fully saturated rings. The van der Waals surface area contributed by atoms with E-state index in [9.17, 15) is 0 Å². The summed E-state index contributed by atoms with van der Waals surface area (Å²) in [7, 11) is 0. The largest absolute Gasteiger partial charge is 0.335 e. The van der Waals surface area contributed by atoms with Gasteiger partial charge in [0.15, 0.2) is 0 Å². The molecule has 0 saturated carbocycles. The van der Waals surface area contributed by atoms with E-state index in [1.165, 1.54) is 171 Å². The highest BCUT2D eigenvalue weighted by molar-refractivity contribution is 5.15. The maximum atomic E-state index is 5.15. The van der Waals surface area contributed by atoms with E-state index >= 15 is 0 Å².